The van der Waals surface area contributed by atoms with Gasteiger partial charge in [0, 0.05) is 18.3 Å². The van der Waals surface area contributed by atoms with Gasteiger partial charge in [-0.15, -0.1) is 0 Å². The summed E-state index contributed by atoms with van der Waals surface area (Å²) in [5.41, 5.74) is -0.733. The lowest BCUT2D eigenvalue weighted by molar-refractivity contribution is -0.180. The fourth-order valence-electron chi connectivity index (χ4n) is 7.44. The number of carbonyl (C=O) groups is 2. The maximum atomic E-state index is 12.6. The number of hydrogen-bond donors (Lipinski definition) is 2. The van der Waals surface area contributed by atoms with Crippen molar-refractivity contribution in [3.8, 4) is 0 Å². The predicted octanol–water partition coefficient (Wildman–Crippen LogP) is 3.20. The third-order valence-electron chi connectivity index (χ3n) is 8.83. The molecule has 0 amide bonds. The number of carbonyl (C=O) groups excluding carboxylic acids is 2. The van der Waals surface area contributed by atoms with Gasteiger partial charge in [-0.1, -0.05) is 26.3 Å². The van der Waals surface area contributed by atoms with E-state index in [1.807, 2.05) is 19.9 Å². The lowest BCUT2D eigenvalue weighted by Crippen LogP contribution is -2.61. The quantitative estimate of drug-likeness (QED) is 0.793. The van der Waals surface area contributed by atoms with Crippen LogP contribution in [0.3, 0.4) is 0 Å². The highest BCUT2D eigenvalue weighted by Crippen LogP contribution is 2.67. The van der Waals surface area contributed by atoms with Gasteiger partial charge in [-0.05, 0) is 67.8 Å². The van der Waals surface area contributed by atoms with Gasteiger partial charge in [0.1, 0.15) is 5.60 Å². The largest absolute Gasteiger partial charge is 0.393 e. The van der Waals surface area contributed by atoms with E-state index in [4.69, 9.17) is 0 Å². The van der Waals surface area contributed by atoms with E-state index in [2.05, 4.69) is 6.92 Å². The van der Waals surface area contributed by atoms with Gasteiger partial charge in [-0.25, -0.2) is 0 Å². The van der Waals surface area contributed by atoms with Crippen LogP contribution in [0, 0.1) is 28.6 Å². The minimum atomic E-state index is -1.29. The van der Waals surface area contributed by atoms with Gasteiger partial charge in [-0.3, -0.25) is 9.59 Å². The van der Waals surface area contributed by atoms with Crippen LogP contribution >= 0.6 is 0 Å². The van der Waals surface area contributed by atoms with E-state index in [1.165, 1.54) is 5.57 Å². The molecule has 0 aliphatic heterocycles. The molecule has 4 heteroatoms. The molecule has 144 valence electrons. The van der Waals surface area contributed by atoms with Crippen LogP contribution in [0.5, 0.6) is 0 Å². The highest BCUT2D eigenvalue weighted by atomic mass is 16.3. The fourth-order valence-corrected chi connectivity index (χ4v) is 7.44. The minimum Gasteiger partial charge on any atom is -0.393 e. The summed E-state index contributed by atoms with van der Waals surface area (Å²) >= 11 is 0. The Hall–Kier alpha value is -1.00. The van der Waals surface area contributed by atoms with Gasteiger partial charge in [0.2, 0.25) is 0 Å². The highest BCUT2D eigenvalue weighted by Gasteiger charge is 2.67. The molecule has 4 aliphatic rings. The van der Waals surface area contributed by atoms with Crippen LogP contribution in [0.25, 0.3) is 0 Å². The molecule has 0 aromatic carbocycles. The van der Waals surface area contributed by atoms with Crippen molar-refractivity contribution < 1.29 is 19.8 Å². The summed E-state index contributed by atoms with van der Waals surface area (Å²) in [4.78, 5) is 24.5. The van der Waals surface area contributed by atoms with Crippen LogP contribution in [0.2, 0.25) is 0 Å². The molecule has 0 bridgehead atoms. The highest BCUT2D eigenvalue weighted by molar-refractivity contribution is 5.91. The number of allylic oxidation sites excluding steroid dienone is 1. The van der Waals surface area contributed by atoms with Crippen molar-refractivity contribution in [2.75, 3.05) is 0 Å². The molecule has 2 unspecified atom stereocenters. The van der Waals surface area contributed by atoms with Crippen LogP contribution in [-0.2, 0) is 9.59 Å². The molecule has 0 aromatic rings. The SMILES string of the molecule is CCC(=O)[C@@]1(O)CCC2[C@@H]3CCC4=CC(=O)CC[C@]4(C)C3[C@@H](O)C[C@@]21C. The third kappa shape index (κ3) is 2.15. The Bertz CT molecular complexity index is 682. The van der Waals surface area contributed by atoms with Crippen LogP contribution in [0.1, 0.15) is 72.1 Å². The summed E-state index contributed by atoms with van der Waals surface area (Å²) in [5, 5.41) is 22.6. The zero-order chi connectivity index (χ0) is 18.9. The smallest absolute Gasteiger partial charge is 0.164 e. The first-order valence-electron chi connectivity index (χ1n) is 10.3. The van der Waals surface area contributed by atoms with Crippen molar-refractivity contribution >= 4 is 11.6 Å². The summed E-state index contributed by atoms with van der Waals surface area (Å²) in [6, 6.07) is 0. The summed E-state index contributed by atoms with van der Waals surface area (Å²) < 4.78 is 0. The first-order chi connectivity index (χ1) is 12.2. The lowest BCUT2D eigenvalue weighted by Gasteiger charge is -2.60. The van der Waals surface area contributed by atoms with E-state index in [1.54, 1.807) is 0 Å². The van der Waals surface area contributed by atoms with Crippen LogP contribution in [0.4, 0.5) is 0 Å². The second kappa shape index (κ2) is 5.75. The van der Waals surface area contributed by atoms with Crippen molar-refractivity contribution in [2.24, 2.45) is 28.6 Å². The average molecular weight is 360 g/mol. The molecule has 7 atom stereocenters. The number of hydrogen-bond acceptors (Lipinski definition) is 4. The number of rotatable bonds is 2. The zero-order valence-corrected chi connectivity index (χ0v) is 16.3. The minimum absolute atomic E-state index is 0.0704. The monoisotopic (exact) mass is 360 g/mol. The molecule has 0 aromatic heterocycles. The van der Waals surface area contributed by atoms with Crippen LogP contribution < -0.4 is 0 Å². The maximum absolute atomic E-state index is 12.6. The molecule has 4 rings (SSSR count). The van der Waals surface area contributed by atoms with Crippen molar-refractivity contribution in [1.29, 1.82) is 0 Å². The summed E-state index contributed by atoms with van der Waals surface area (Å²) in [6.45, 7) is 6.08. The molecule has 0 spiro atoms. The summed E-state index contributed by atoms with van der Waals surface area (Å²) in [7, 11) is 0. The standard InChI is InChI=1S/C22H32O4/c1-4-18(25)22(26)10-8-16-15-6-5-13-11-14(23)7-9-20(13,2)19(15)17(24)12-21(16,22)3/h11,15-17,19,24,26H,4-10,12H2,1-3H3/t15-,16?,17-,19?,20-,21-,22-/m0/s1. The van der Waals surface area contributed by atoms with E-state index in [0.29, 0.717) is 31.6 Å². The molecule has 26 heavy (non-hydrogen) atoms. The summed E-state index contributed by atoms with van der Waals surface area (Å²) in [6.07, 6.45) is 6.76. The summed E-state index contributed by atoms with van der Waals surface area (Å²) in [5.74, 6) is 0.867. The molecular weight excluding hydrogens is 328 g/mol. The van der Waals surface area contributed by atoms with Gasteiger partial charge in [-0.2, -0.15) is 0 Å². The molecule has 4 nitrogen and oxygen atoms in total. The predicted molar refractivity (Wildman–Crippen MR) is 98.3 cm³/mol. The van der Waals surface area contributed by atoms with Gasteiger partial charge in [0.05, 0.1) is 6.10 Å². The number of Topliss-reactive ketones (excluding diaryl/α,β-unsaturated/α-hetero) is 1. The molecular formula is C22H32O4. The molecule has 4 aliphatic carbocycles. The van der Waals surface area contributed by atoms with Gasteiger partial charge in [0.15, 0.2) is 11.6 Å². The molecule has 2 N–H and O–H groups in total. The van der Waals surface area contributed by atoms with E-state index in [9.17, 15) is 19.8 Å². The average Bonchev–Trinajstić information content (AvgIpc) is 2.86. The van der Waals surface area contributed by atoms with Gasteiger partial charge < -0.3 is 10.2 Å². The number of ketones is 2. The van der Waals surface area contributed by atoms with E-state index < -0.39 is 17.1 Å². The molecule has 0 heterocycles. The molecule has 0 radical (unpaired) electrons. The van der Waals surface area contributed by atoms with Crippen molar-refractivity contribution in [3.63, 3.8) is 0 Å². The lowest BCUT2D eigenvalue weighted by atomic mass is 9.45. The Morgan fingerprint density at radius 1 is 1.23 bits per heavy atom. The molecule has 0 saturated heterocycles. The first-order valence-corrected chi connectivity index (χ1v) is 10.3. The second-order valence-corrected chi connectivity index (χ2v) is 9.75. The Morgan fingerprint density at radius 3 is 2.65 bits per heavy atom. The van der Waals surface area contributed by atoms with E-state index in [0.717, 1.165) is 25.7 Å². The Morgan fingerprint density at radius 2 is 1.96 bits per heavy atom. The van der Waals surface area contributed by atoms with E-state index in [-0.39, 0.29) is 28.8 Å². The van der Waals surface area contributed by atoms with Crippen molar-refractivity contribution in [2.45, 2.75) is 83.8 Å². The number of aliphatic hydroxyl groups excluding tert-OH is 1. The Balaban J connectivity index is 1.74. The normalized spacial score (nSPS) is 50.5. The number of aliphatic hydroxyl groups is 2. The zero-order valence-electron chi connectivity index (χ0n) is 16.3. The van der Waals surface area contributed by atoms with Crippen LogP contribution in [-0.4, -0.2) is 33.5 Å². The third-order valence-corrected chi connectivity index (χ3v) is 8.83. The molecule has 3 saturated carbocycles. The van der Waals surface area contributed by atoms with Gasteiger partial charge in [0.25, 0.3) is 0 Å². The second-order valence-electron chi connectivity index (χ2n) is 9.75. The van der Waals surface area contributed by atoms with E-state index >= 15 is 0 Å². The Labute approximate surface area is 156 Å². The molecule has 3 fully saturated rings. The van der Waals surface area contributed by atoms with Gasteiger partial charge >= 0.3 is 0 Å². The topological polar surface area (TPSA) is 74.6 Å². The fraction of sp³-hybridized carbons (Fsp3) is 0.818. The van der Waals surface area contributed by atoms with Crippen LogP contribution in [0.15, 0.2) is 11.6 Å². The van der Waals surface area contributed by atoms with Crippen molar-refractivity contribution in [1.82, 2.24) is 0 Å². The first kappa shape index (κ1) is 18.4. The maximum Gasteiger partial charge on any atom is 0.164 e. The number of fused-ring (bicyclic) bond motifs is 5. The van der Waals surface area contributed by atoms with Crippen molar-refractivity contribution in [3.05, 3.63) is 11.6 Å². The Kier molecular flexibility index (Phi) is 4.06.